The topological polar surface area (TPSA) is 71.8 Å². The largest absolute Gasteiger partial charge is 0.398 e. The first-order valence-corrected chi connectivity index (χ1v) is 5.79. The van der Waals surface area contributed by atoms with Crippen molar-refractivity contribution in [3.63, 3.8) is 0 Å². The quantitative estimate of drug-likeness (QED) is 0.669. The van der Waals surface area contributed by atoms with Crippen LogP contribution in [0, 0.1) is 11.6 Å². The molecule has 6 heteroatoms. The van der Waals surface area contributed by atoms with Crippen LogP contribution in [0.25, 0.3) is 22.3 Å². The van der Waals surface area contributed by atoms with Gasteiger partial charge in [-0.2, -0.15) is 0 Å². The second-order valence-electron chi connectivity index (χ2n) is 4.31. The number of nitrogens with zero attached hydrogens (tertiary/aromatic N) is 1. The highest BCUT2D eigenvalue weighted by Crippen LogP contribution is 2.23. The number of halogens is 2. The number of H-pyrrole nitrogens is 1. The lowest BCUT2D eigenvalue weighted by Gasteiger charge is -2.06. The number of hydrogen-bond acceptors (Lipinski definition) is 3. The Kier molecular flexibility index (Phi) is 2.71. The van der Waals surface area contributed by atoms with E-state index in [9.17, 15) is 13.6 Å². The summed E-state index contributed by atoms with van der Waals surface area (Å²) in [6.45, 7) is 0. The Morgan fingerprint density at radius 1 is 1.05 bits per heavy atom. The van der Waals surface area contributed by atoms with E-state index in [4.69, 9.17) is 5.73 Å². The van der Waals surface area contributed by atoms with E-state index in [1.54, 1.807) is 0 Å². The van der Waals surface area contributed by atoms with Crippen LogP contribution in [0.15, 0.2) is 41.2 Å². The van der Waals surface area contributed by atoms with Crippen molar-refractivity contribution in [3.8, 4) is 11.3 Å². The summed E-state index contributed by atoms with van der Waals surface area (Å²) in [6.07, 6.45) is 0. The van der Waals surface area contributed by atoms with Crippen molar-refractivity contribution >= 4 is 16.7 Å². The lowest BCUT2D eigenvalue weighted by atomic mass is 10.1. The number of aromatic amines is 1. The van der Waals surface area contributed by atoms with Gasteiger partial charge in [-0.15, -0.1) is 0 Å². The van der Waals surface area contributed by atoms with Crippen LogP contribution in [0.5, 0.6) is 0 Å². The van der Waals surface area contributed by atoms with Crippen LogP contribution in [0.1, 0.15) is 0 Å². The van der Waals surface area contributed by atoms with Gasteiger partial charge in [0.15, 0.2) is 0 Å². The zero-order valence-corrected chi connectivity index (χ0v) is 10.2. The third-order valence-electron chi connectivity index (χ3n) is 2.93. The molecular weight excluding hydrogens is 264 g/mol. The van der Waals surface area contributed by atoms with Gasteiger partial charge in [-0.25, -0.2) is 13.8 Å². The predicted molar refractivity (Wildman–Crippen MR) is 72.1 cm³/mol. The van der Waals surface area contributed by atoms with Gasteiger partial charge in [0.1, 0.15) is 17.3 Å². The van der Waals surface area contributed by atoms with Crippen molar-refractivity contribution in [1.82, 2.24) is 9.97 Å². The maximum absolute atomic E-state index is 13.3. The standard InChI is InChI=1S/C14H9F2N3O/c15-7-1-3-10(17)9(5-7)13-14(20)19-11-4-2-8(16)6-12(11)18-13/h1-6H,17H2,(H,19,20). The molecule has 0 saturated carbocycles. The minimum absolute atomic E-state index is 0.0416. The summed E-state index contributed by atoms with van der Waals surface area (Å²) in [5.74, 6) is -1.01. The van der Waals surface area contributed by atoms with Gasteiger partial charge in [0, 0.05) is 17.3 Å². The number of fused-ring (bicyclic) bond motifs is 1. The first-order chi connectivity index (χ1) is 9.54. The molecule has 2 aromatic carbocycles. The molecule has 3 rings (SSSR count). The van der Waals surface area contributed by atoms with E-state index in [0.29, 0.717) is 5.52 Å². The molecule has 0 bridgehead atoms. The first-order valence-electron chi connectivity index (χ1n) is 5.79. The zero-order chi connectivity index (χ0) is 14.3. The number of benzene rings is 2. The Morgan fingerprint density at radius 2 is 1.75 bits per heavy atom. The first kappa shape index (κ1) is 12.3. The van der Waals surface area contributed by atoms with E-state index in [0.717, 1.165) is 6.07 Å². The molecule has 3 aromatic rings. The third-order valence-corrected chi connectivity index (χ3v) is 2.93. The van der Waals surface area contributed by atoms with Crippen molar-refractivity contribution in [1.29, 1.82) is 0 Å². The molecular formula is C14H9F2N3O. The fourth-order valence-corrected chi connectivity index (χ4v) is 1.97. The Balaban J connectivity index is 2.33. The molecule has 20 heavy (non-hydrogen) atoms. The van der Waals surface area contributed by atoms with Crippen molar-refractivity contribution in [2.75, 3.05) is 5.73 Å². The molecule has 0 amide bonds. The van der Waals surface area contributed by atoms with Crippen molar-refractivity contribution in [2.24, 2.45) is 0 Å². The van der Waals surface area contributed by atoms with Gasteiger partial charge in [0.05, 0.1) is 11.0 Å². The molecule has 0 spiro atoms. The molecule has 0 aliphatic rings. The smallest absolute Gasteiger partial charge is 0.275 e. The molecule has 100 valence electrons. The molecule has 0 unspecified atom stereocenters. The number of rotatable bonds is 1. The fourth-order valence-electron chi connectivity index (χ4n) is 1.97. The zero-order valence-electron chi connectivity index (χ0n) is 10.2. The SMILES string of the molecule is Nc1ccc(F)cc1-c1nc2cc(F)ccc2[nH]c1=O. The van der Waals surface area contributed by atoms with E-state index in [-0.39, 0.29) is 22.5 Å². The van der Waals surface area contributed by atoms with E-state index >= 15 is 0 Å². The molecule has 0 atom stereocenters. The van der Waals surface area contributed by atoms with Gasteiger partial charge in [-0.05, 0) is 30.3 Å². The Bertz CT molecular complexity index is 874. The fraction of sp³-hybridized carbons (Fsp3) is 0. The van der Waals surface area contributed by atoms with Crippen LogP contribution in [0.3, 0.4) is 0 Å². The summed E-state index contributed by atoms with van der Waals surface area (Å²) in [5.41, 5.74) is 6.24. The van der Waals surface area contributed by atoms with E-state index in [1.807, 2.05) is 0 Å². The summed E-state index contributed by atoms with van der Waals surface area (Å²) in [5, 5.41) is 0. The van der Waals surface area contributed by atoms with Crippen molar-refractivity contribution in [2.45, 2.75) is 0 Å². The number of aromatic nitrogens is 2. The van der Waals surface area contributed by atoms with Gasteiger partial charge in [-0.3, -0.25) is 4.79 Å². The summed E-state index contributed by atoms with van der Waals surface area (Å²) in [4.78, 5) is 18.6. The summed E-state index contributed by atoms with van der Waals surface area (Å²) in [7, 11) is 0. The second kappa shape index (κ2) is 4.41. The lowest BCUT2D eigenvalue weighted by Crippen LogP contribution is -2.12. The Morgan fingerprint density at radius 3 is 2.55 bits per heavy atom. The highest BCUT2D eigenvalue weighted by atomic mass is 19.1. The van der Waals surface area contributed by atoms with Gasteiger partial charge in [0.2, 0.25) is 0 Å². The lowest BCUT2D eigenvalue weighted by molar-refractivity contribution is 0.628. The van der Waals surface area contributed by atoms with Gasteiger partial charge in [-0.1, -0.05) is 0 Å². The maximum Gasteiger partial charge on any atom is 0.275 e. The van der Waals surface area contributed by atoms with Crippen molar-refractivity contribution < 1.29 is 8.78 Å². The van der Waals surface area contributed by atoms with Gasteiger partial charge >= 0.3 is 0 Å². The minimum Gasteiger partial charge on any atom is -0.398 e. The molecule has 0 aliphatic carbocycles. The molecule has 0 saturated heterocycles. The average Bonchev–Trinajstić information content (AvgIpc) is 2.41. The molecule has 0 radical (unpaired) electrons. The molecule has 1 aromatic heterocycles. The third kappa shape index (κ3) is 2.01. The maximum atomic E-state index is 13.3. The van der Waals surface area contributed by atoms with Gasteiger partial charge < -0.3 is 10.7 Å². The number of hydrogen-bond donors (Lipinski definition) is 2. The summed E-state index contributed by atoms with van der Waals surface area (Å²) < 4.78 is 26.5. The molecule has 0 fully saturated rings. The highest BCUT2D eigenvalue weighted by molar-refractivity contribution is 5.80. The highest BCUT2D eigenvalue weighted by Gasteiger charge is 2.12. The number of nitrogens with two attached hydrogens (primary N) is 1. The normalized spacial score (nSPS) is 10.9. The van der Waals surface area contributed by atoms with E-state index in [1.165, 1.54) is 30.3 Å². The van der Waals surface area contributed by atoms with Crippen LogP contribution in [-0.4, -0.2) is 9.97 Å². The number of nitrogens with one attached hydrogen (secondary N) is 1. The summed E-state index contributed by atoms with van der Waals surface area (Å²) in [6, 6.07) is 7.48. The van der Waals surface area contributed by atoms with Crippen LogP contribution in [0.4, 0.5) is 14.5 Å². The Hall–Kier alpha value is -2.76. The van der Waals surface area contributed by atoms with Gasteiger partial charge in [0.25, 0.3) is 5.56 Å². The average molecular weight is 273 g/mol. The monoisotopic (exact) mass is 273 g/mol. The van der Waals surface area contributed by atoms with E-state index in [2.05, 4.69) is 9.97 Å². The molecule has 3 N–H and O–H groups in total. The molecule has 1 heterocycles. The number of anilines is 1. The van der Waals surface area contributed by atoms with Crippen LogP contribution in [-0.2, 0) is 0 Å². The Labute approximate surface area is 111 Å². The number of nitrogen functional groups attached to an aromatic ring is 1. The van der Waals surface area contributed by atoms with Crippen molar-refractivity contribution in [3.05, 3.63) is 58.4 Å². The second-order valence-corrected chi connectivity index (χ2v) is 4.31. The molecule has 4 nitrogen and oxygen atoms in total. The van der Waals surface area contributed by atoms with Crippen LogP contribution < -0.4 is 11.3 Å². The minimum atomic E-state index is -0.533. The van der Waals surface area contributed by atoms with Crippen LogP contribution in [0.2, 0.25) is 0 Å². The molecule has 0 aliphatic heterocycles. The van der Waals surface area contributed by atoms with Crippen LogP contribution >= 0.6 is 0 Å². The summed E-state index contributed by atoms with van der Waals surface area (Å²) >= 11 is 0. The predicted octanol–water partition coefficient (Wildman–Crippen LogP) is 2.45. The van der Waals surface area contributed by atoms with E-state index < -0.39 is 17.2 Å².